The van der Waals surface area contributed by atoms with Gasteiger partial charge in [-0.05, 0) is 65.5 Å². The van der Waals surface area contributed by atoms with Crippen molar-refractivity contribution in [1.29, 1.82) is 0 Å². The molecule has 60 heavy (non-hydrogen) atoms. The summed E-state index contributed by atoms with van der Waals surface area (Å²) in [6.45, 7) is 0. The topological polar surface area (TPSA) is 35.6 Å². The number of aromatic nitrogens is 4. The summed E-state index contributed by atoms with van der Waals surface area (Å²) in [5.41, 5.74) is 14.2. The highest BCUT2D eigenvalue weighted by molar-refractivity contribution is 6.17. The van der Waals surface area contributed by atoms with Gasteiger partial charge in [0.25, 0.3) is 0 Å². The van der Waals surface area contributed by atoms with Crippen LogP contribution in [0.2, 0.25) is 0 Å². The zero-order valence-electron chi connectivity index (χ0n) is 32.4. The summed E-state index contributed by atoms with van der Waals surface area (Å²) in [5.74, 6) is 0. The minimum atomic E-state index is 0.905. The molecule has 0 aliphatic heterocycles. The van der Waals surface area contributed by atoms with E-state index in [0.29, 0.717) is 0 Å². The van der Waals surface area contributed by atoms with Crippen molar-refractivity contribution in [2.45, 2.75) is 0 Å². The maximum atomic E-state index is 5.46. The third kappa shape index (κ3) is 4.73. The molecule has 13 rings (SSSR count). The summed E-state index contributed by atoms with van der Waals surface area (Å²) in [6.07, 6.45) is 0. The van der Waals surface area contributed by atoms with E-state index in [0.717, 1.165) is 60.7 Å². The van der Waals surface area contributed by atoms with Crippen LogP contribution in [0.5, 0.6) is 0 Å². The highest BCUT2D eigenvalue weighted by atomic mass is 15.0. The quantitative estimate of drug-likeness (QED) is 0.132. The third-order valence-corrected chi connectivity index (χ3v) is 12.5. The molecule has 0 atom stereocenters. The Morgan fingerprint density at radius 2 is 0.917 bits per heavy atom. The predicted octanol–water partition coefficient (Wildman–Crippen LogP) is 14.6. The van der Waals surface area contributed by atoms with Crippen molar-refractivity contribution >= 4 is 87.1 Å². The van der Waals surface area contributed by atoms with Crippen LogP contribution in [0.25, 0.3) is 121 Å². The maximum Gasteiger partial charge on any atom is 0.0978 e. The molecule has 0 spiro atoms. The first-order valence-electron chi connectivity index (χ1n) is 20.5. The molecule has 0 amide bonds. The highest BCUT2D eigenvalue weighted by Gasteiger charge is 2.20. The third-order valence-electron chi connectivity index (χ3n) is 12.5. The van der Waals surface area contributed by atoms with Crippen molar-refractivity contribution in [3.8, 4) is 33.8 Å². The number of hydrogen-bond acceptors (Lipinski definition) is 2. The molecule has 9 aromatic carbocycles. The molecule has 13 aromatic rings. The fraction of sp³-hybridized carbons (Fsp3) is 0. The van der Waals surface area contributed by atoms with E-state index in [1.54, 1.807) is 0 Å². The van der Waals surface area contributed by atoms with Crippen LogP contribution in [0.4, 0.5) is 0 Å². The Morgan fingerprint density at radius 1 is 0.333 bits per heavy atom. The number of benzene rings is 9. The molecule has 0 unspecified atom stereocenters. The van der Waals surface area contributed by atoms with Gasteiger partial charge in [0, 0.05) is 59.9 Å². The molecule has 0 N–H and O–H groups in total. The van der Waals surface area contributed by atoms with Crippen LogP contribution in [0.3, 0.4) is 0 Å². The standard InChI is InChI=1S/C56H34N4/c1-2-14-35(15-3-1)54-44-21-6-10-22-47(44)58-56-45(54)29-26-36-27-31-48(57-55(36)56)39-30-33-52(40-17-5-4-16-38(39)40)60-51-25-13-9-20-43(51)46-34-37(28-32-53(46)60)59-49-23-11-7-18-41(49)42-19-8-12-24-50(42)59/h1-34H. The molecule has 4 heteroatoms. The minimum Gasteiger partial charge on any atom is -0.309 e. The minimum absolute atomic E-state index is 0.905. The van der Waals surface area contributed by atoms with Crippen LogP contribution in [0, 0.1) is 0 Å². The Hall–Kier alpha value is -8.08. The number of nitrogens with zero attached hydrogens (tertiary/aromatic N) is 4. The van der Waals surface area contributed by atoms with E-state index in [1.165, 1.54) is 60.1 Å². The lowest BCUT2D eigenvalue weighted by Gasteiger charge is -2.16. The summed E-state index contributed by atoms with van der Waals surface area (Å²) in [6, 6.07) is 74.3. The SMILES string of the molecule is c1ccc(-c2c3ccccc3nc3c2ccc2ccc(-c4ccc(-n5c6ccccc6c6cc(-n7c8ccccc8c8ccccc87)ccc65)c5ccccc45)nc23)cc1. The number of hydrogen-bond donors (Lipinski definition) is 0. The Balaban J connectivity index is 1.01. The van der Waals surface area contributed by atoms with Crippen molar-refractivity contribution in [3.05, 3.63) is 206 Å². The number of para-hydroxylation sites is 4. The lowest BCUT2D eigenvalue weighted by atomic mass is 9.95. The van der Waals surface area contributed by atoms with Crippen molar-refractivity contribution < 1.29 is 0 Å². The molecule has 0 aliphatic carbocycles. The van der Waals surface area contributed by atoms with Gasteiger partial charge in [0.05, 0.1) is 50.0 Å². The molecular weight excluding hydrogens is 729 g/mol. The van der Waals surface area contributed by atoms with Gasteiger partial charge in [-0.2, -0.15) is 0 Å². The van der Waals surface area contributed by atoms with Crippen molar-refractivity contribution in [1.82, 2.24) is 19.1 Å². The molecule has 4 heterocycles. The Kier molecular flexibility index (Phi) is 6.98. The normalized spacial score (nSPS) is 12.0. The van der Waals surface area contributed by atoms with E-state index in [-0.39, 0.29) is 0 Å². The van der Waals surface area contributed by atoms with E-state index in [9.17, 15) is 0 Å². The van der Waals surface area contributed by atoms with Gasteiger partial charge in [0.15, 0.2) is 0 Å². The van der Waals surface area contributed by atoms with E-state index >= 15 is 0 Å². The molecule has 4 nitrogen and oxygen atoms in total. The van der Waals surface area contributed by atoms with Crippen molar-refractivity contribution in [2.24, 2.45) is 0 Å². The van der Waals surface area contributed by atoms with Gasteiger partial charge in [0.2, 0.25) is 0 Å². The van der Waals surface area contributed by atoms with Crippen LogP contribution >= 0.6 is 0 Å². The van der Waals surface area contributed by atoms with Crippen LogP contribution in [0.1, 0.15) is 0 Å². The largest absolute Gasteiger partial charge is 0.309 e. The van der Waals surface area contributed by atoms with Gasteiger partial charge in [-0.25, -0.2) is 9.97 Å². The number of fused-ring (bicyclic) bond motifs is 11. The molecular formula is C56H34N4. The highest BCUT2D eigenvalue weighted by Crippen LogP contribution is 2.41. The average molecular weight is 763 g/mol. The second-order valence-electron chi connectivity index (χ2n) is 15.7. The first-order valence-corrected chi connectivity index (χ1v) is 20.5. The van der Waals surface area contributed by atoms with Crippen molar-refractivity contribution in [2.75, 3.05) is 0 Å². The number of rotatable bonds is 4. The van der Waals surface area contributed by atoms with Gasteiger partial charge in [-0.1, -0.05) is 152 Å². The van der Waals surface area contributed by atoms with E-state index in [2.05, 4.69) is 215 Å². The average Bonchev–Trinajstić information content (AvgIpc) is 3.83. The van der Waals surface area contributed by atoms with Gasteiger partial charge in [0.1, 0.15) is 0 Å². The molecule has 0 saturated carbocycles. The van der Waals surface area contributed by atoms with E-state index < -0.39 is 0 Å². The summed E-state index contributed by atoms with van der Waals surface area (Å²) < 4.78 is 4.84. The van der Waals surface area contributed by atoms with Crippen LogP contribution in [-0.2, 0) is 0 Å². The summed E-state index contributed by atoms with van der Waals surface area (Å²) in [4.78, 5) is 10.7. The molecule has 0 radical (unpaired) electrons. The molecule has 278 valence electrons. The second-order valence-corrected chi connectivity index (χ2v) is 15.7. The fourth-order valence-electron chi connectivity index (χ4n) is 9.86. The Morgan fingerprint density at radius 3 is 1.67 bits per heavy atom. The first-order chi connectivity index (χ1) is 29.8. The second kappa shape index (κ2) is 12.7. The van der Waals surface area contributed by atoms with Crippen LogP contribution in [-0.4, -0.2) is 19.1 Å². The fourth-order valence-corrected chi connectivity index (χ4v) is 9.86. The van der Waals surface area contributed by atoms with Crippen LogP contribution in [0.15, 0.2) is 206 Å². The maximum absolute atomic E-state index is 5.46. The Labute approximate surface area is 344 Å². The van der Waals surface area contributed by atoms with E-state index in [1.807, 2.05) is 0 Å². The summed E-state index contributed by atoms with van der Waals surface area (Å²) in [7, 11) is 0. The van der Waals surface area contributed by atoms with Gasteiger partial charge in [-0.3, -0.25) is 0 Å². The summed E-state index contributed by atoms with van der Waals surface area (Å²) >= 11 is 0. The van der Waals surface area contributed by atoms with Crippen molar-refractivity contribution in [3.63, 3.8) is 0 Å². The lowest BCUT2D eigenvalue weighted by molar-refractivity contribution is 1.17. The lowest BCUT2D eigenvalue weighted by Crippen LogP contribution is -1.98. The van der Waals surface area contributed by atoms with E-state index in [4.69, 9.17) is 9.97 Å². The molecule has 0 fully saturated rings. The zero-order chi connectivity index (χ0) is 39.3. The molecule has 4 aromatic heterocycles. The van der Waals surface area contributed by atoms with Crippen LogP contribution < -0.4 is 0 Å². The monoisotopic (exact) mass is 762 g/mol. The zero-order valence-corrected chi connectivity index (χ0v) is 32.4. The first kappa shape index (κ1) is 32.9. The summed E-state index contributed by atoms with van der Waals surface area (Å²) in [5, 5.41) is 10.6. The predicted molar refractivity (Wildman–Crippen MR) is 252 cm³/mol. The molecule has 0 aliphatic rings. The van der Waals surface area contributed by atoms with Gasteiger partial charge >= 0.3 is 0 Å². The number of pyridine rings is 2. The Bertz CT molecular complexity index is 3840. The smallest absolute Gasteiger partial charge is 0.0978 e. The van der Waals surface area contributed by atoms with Gasteiger partial charge < -0.3 is 9.13 Å². The molecule has 0 saturated heterocycles. The molecule has 0 bridgehead atoms. The van der Waals surface area contributed by atoms with Gasteiger partial charge in [-0.15, -0.1) is 0 Å².